The van der Waals surface area contributed by atoms with Crippen LogP contribution < -0.4 is 16.0 Å². The van der Waals surface area contributed by atoms with Crippen molar-refractivity contribution < 1.29 is 9.59 Å². The molecule has 1 aliphatic heterocycles. The number of rotatable bonds is 4. The maximum Gasteiger partial charge on any atom is 0.315 e. The summed E-state index contributed by atoms with van der Waals surface area (Å²) in [7, 11) is 0. The minimum atomic E-state index is -0.484. The Morgan fingerprint density at radius 1 is 1.36 bits per heavy atom. The molecule has 1 aliphatic rings. The Kier molecular flexibility index (Phi) is 5.02. The van der Waals surface area contributed by atoms with Crippen molar-refractivity contribution in [1.82, 2.24) is 25.7 Å². The molecule has 3 rings (SSSR count). The molecule has 7 nitrogen and oxygen atoms in total. The number of amides is 3. The van der Waals surface area contributed by atoms with E-state index in [1.54, 1.807) is 4.68 Å². The molecule has 0 spiro atoms. The van der Waals surface area contributed by atoms with Crippen LogP contribution in [-0.2, 0) is 11.3 Å². The quantitative estimate of drug-likeness (QED) is 0.787. The summed E-state index contributed by atoms with van der Waals surface area (Å²) >= 11 is 0. The summed E-state index contributed by atoms with van der Waals surface area (Å²) in [6.45, 7) is 4.90. The van der Waals surface area contributed by atoms with E-state index >= 15 is 0 Å². The molecule has 0 bridgehead atoms. The van der Waals surface area contributed by atoms with Crippen LogP contribution in [0.3, 0.4) is 0 Å². The lowest BCUT2D eigenvalue weighted by Gasteiger charge is -2.28. The van der Waals surface area contributed by atoms with Crippen LogP contribution >= 0.6 is 0 Å². The van der Waals surface area contributed by atoms with Crippen molar-refractivity contribution in [3.63, 3.8) is 0 Å². The van der Waals surface area contributed by atoms with Gasteiger partial charge in [-0.2, -0.15) is 5.10 Å². The molecular formula is C18H23N5O2. The Labute approximate surface area is 146 Å². The van der Waals surface area contributed by atoms with Gasteiger partial charge in [-0.25, -0.2) is 9.48 Å². The van der Waals surface area contributed by atoms with Gasteiger partial charge in [-0.15, -0.1) is 0 Å². The second kappa shape index (κ2) is 7.38. The number of carbonyl (C=O) groups is 2. The zero-order valence-corrected chi connectivity index (χ0v) is 14.5. The SMILES string of the molecule is Cc1nn(-c2ccccc2)cc1CNC(=O)N[C@H]1C(=O)NCC[C@@H]1C. The number of nitrogens with one attached hydrogen (secondary N) is 3. The molecule has 0 saturated carbocycles. The normalized spacial score (nSPS) is 20.0. The summed E-state index contributed by atoms with van der Waals surface area (Å²) in [5, 5.41) is 12.8. The summed E-state index contributed by atoms with van der Waals surface area (Å²) in [5.41, 5.74) is 2.75. The van der Waals surface area contributed by atoms with Crippen molar-refractivity contribution in [2.24, 2.45) is 5.92 Å². The fourth-order valence-corrected chi connectivity index (χ4v) is 2.92. The summed E-state index contributed by atoms with van der Waals surface area (Å²) < 4.78 is 1.79. The number of urea groups is 1. The number of hydrogen-bond acceptors (Lipinski definition) is 3. The van der Waals surface area contributed by atoms with Crippen molar-refractivity contribution in [3.8, 4) is 5.69 Å². The van der Waals surface area contributed by atoms with Gasteiger partial charge >= 0.3 is 6.03 Å². The smallest absolute Gasteiger partial charge is 0.315 e. The topological polar surface area (TPSA) is 88.1 Å². The molecule has 2 aromatic rings. The van der Waals surface area contributed by atoms with Crippen LogP contribution in [0.25, 0.3) is 5.69 Å². The third-order valence-electron chi connectivity index (χ3n) is 4.50. The molecule has 25 heavy (non-hydrogen) atoms. The number of aromatic nitrogens is 2. The molecule has 2 heterocycles. The Morgan fingerprint density at radius 3 is 2.84 bits per heavy atom. The Bertz CT molecular complexity index is 756. The van der Waals surface area contributed by atoms with Gasteiger partial charge in [-0.3, -0.25) is 4.79 Å². The third-order valence-corrected chi connectivity index (χ3v) is 4.50. The maximum atomic E-state index is 12.1. The Balaban J connectivity index is 1.59. The highest BCUT2D eigenvalue weighted by molar-refractivity contribution is 5.87. The highest BCUT2D eigenvalue weighted by Gasteiger charge is 2.29. The number of piperidine rings is 1. The first kappa shape index (κ1) is 17.0. The maximum absolute atomic E-state index is 12.1. The Hall–Kier alpha value is -2.83. The second-order valence-electron chi connectivity index (χ2n) is 6.38. The summed E-state index contributed by atoms with van der Waals surface area (Å²) in [4.78, 5) is 24.0. The fourth-order valence-electron chi connectivity index (χ4n) is 2.92. The Morgan fingerprint density at radius 2 is 2.12 bits per heavy atom. The minimum absolute atomic E-state index is 0.123. The number of carbonyl (C=O) groups excluding carboxylic acids is 2. The van der Waals surface area contributed by atoms with E-state index in [1.807, 2.05) is 50.4 Å². The van der Waals surface area contributed by atoms with Crippen molar-refractivity contribution in [1.29, 1.82) is 0 Å². The molecule has 1 saturated heterocycles. The summed E-state index contributed by atoms with van der Waals surface area (Å²) in [6.07, 6.45) is 2.76. The van der Waals surface area contributed by atoms with Gasteiger partial charge in [-0.05, 0) is 31.4 Å². The van der Waals surface area contributed by atoms with Gasteiger partial charge < -0.3 is 16.0 Å². The van der Waals surface area contributed by atoms with E-state index < -0.39 is 6.04 Å². The average Bonchev–Trinajstić information content (AvgIpc) is 2.98. The number of para-hydroxylation sites is 1. The molecule has 0 unspecified atom stereocenters. The lowest BCUT2D eigenvalue weighted by molar-refractivity contribution is -0.125. The van der Waals surface area contributed by atoms with E-state index in [-0.39, 0.29) is 17.9 Å². The third kappa shape index (κ3) is 3.99. The second-order valence-corrected chi connectivity index (χ2v) is 6.38. The van der Waals surface area contributed by atoms with Crippen LogP contribution in [0.15, 0.2) is 36.5 Å². The lowest BCUT2D eigenvalue weighted by atomic mass is 9.94. The van der Waals surface area contributed by atoms with E-state index in [9.17, 15) is 9.59 Å². The number of hydrogen-bond donors (Lipinski definition) is 3. The average molecular weight is 341 g/mol. The van der Waals surface area contributed by atoms with Crippen LogP contribution in [0, 0.1) is 12.8 Å². The van der Waals surface area contributed by atoms with E-state index in [2.05, 4.69) is 21.0 Å². The van der Waals surface area contributed by atoms with E-state index in [0.717, 1.165) is 23.4 Å². The van der Waals surface area contributed by atoms with Gasteiger partial charge in [0.1, 0.15) is 6.04 Å². The molecule has 0 radical (unpaired) electrons. The van der Waals surface area contributed by atoms with E-state index in [1.165, 1.54) is 0 Å². The number of aryl methyl sites for hydroxylation is 1. The van der Waals surface area contributed by atoms with Crippen LogP contribution in [-0.4, -0.2) is 34.3 Å². The van der Waals surface area contributed by atoms with Gasteiger partial charge in [0, 0.05) is 24.8 Å². The molecule has 3 amide bonds. The van der Waals surface area contributed by atoms with Crippen molar-refractivity contribution in [2.45, 2.75) is 32.9 Å². The predicted molar refractivity (Wildman–Crippen MR) is 94.3 cm³/mol. The van der Waals surface area contributed by atoms with Gasteiger partial charge in [0.25, 0.3) is 0 Å². The first-order valence-corrected chi connectivity index (χ1v) is 8.47. The summed E-state index contributed by atoms with van der Waals surface area (Å²) in [6, 6.07) is 8.97. The number of nitrogens with zero attached hydrogens (tertiary/aromatic N) is 2. The molecule has 1 fully saturated rings. The fraction of sp³-hybridized carbons (Fsp3) is 0.389. The number of benzene rings is 1. The standard InChI is InChI=1S/C18H23N5O2/c1-12-8-9-19-17(24)16(12)21-18(25)20-10-14-11-23(22-13(14)2)15-6-4-3-5-7-15/h3-7,11-12,16H,8-10H2,1-2H3,(H,19,24)(H2,20,21,25)/t12-,16+/m0/s1. The van der Waals surface area contributed by atoms with Crippen LogP contribution in [0.5, 0.6) is 0 Å². The molecule has 3 N–H and O–H groups in total. The van der Waals surface area contributed by atoms with E-state index in [0.29, 0.717) is 13.1 Å². The monoisotopic (exact) mass is 341 g/mol. The highest BCUT2D eigenvalue weighted by atomic mass is 16.2. The van der Waals surface area contributed by atoms with Crippen LogP contribution in [0.4, 0.5) is 4.79 Å². The molecule has 0 aliphatic carbocycles. The highest BCUT2D eigenvalue weighted by Crippen LogP contribution is 2.13. The van der Waals surface area contributed by atoms with Crippen LogP contribution in [0.2, 0.25) is 0 Å². The van der Waals surface area contributed by atoms with Crippen LogP contribution in [0.1, 0.15) is 24.6 Å². The predicted octanol–water partition coefficient (Wildman–Crippen LogP) is 1.50. The zero-order valence-electron chi connectivity index (χ0n) is 14.5. The van der Waals surface area contributed by atoms with Gasteiger partial charge in [0.05, 0.1) is 11.4 Å². The molecular weight excluding hydrogens is 318 g/mol. The molecule has 1 aromatic heterocycles. The minimum Gasteiger partial charge on any atom is -0.354 e. The van der Waals surface area contributed by atoms with E-state index in [4.69, 9.17) is 0 Å². The molecule has 7 heteroatoms. The van der Waals surface area contributed by atoms with Crippen molar-refractivity contribution >= 4 is 11.9 Å². The lowest BCUT2D eigenvalue weighted by Crippen LogP contribution is -2.56. The first-order chi connectivity index (χ1) is 12.0. The van der Waals surface area contributed by atoms with Gasteiger partial charge in [0.15, 0.2) is 0 Å². The van der Waals surface area contributed by atoms with Crippen molar-refractivity contribution in [3.05, 3.63) is 47.8 Å². The zero-order chi connectivity index (χ0) is 17.8. The molecule has 2 atom stereocenters. The summed E-state index contributed by atoms with van der Waals surface area (Å²) in [5.74, 6) is 0.00375. The molecule has 132 valence electrons. The van der Waals surface area contributed by atoms with Gasteiger partial charge in [0.2, 0.25) is 5.91 Å². The first-order valence-electron chi connectivity index (χ1n) is 8.47. The largest absolute Gasteiger partial charge is 0.354 e. The molecule has 1 aromatic carbocycles. The van der Waals surface area contributed by atoms with Gasteiger partial charge in [-0.1, -0.05) is 25.1 Å². The van der Waals surface area contributed by atoms with Crippen molar-refractivity contribution in [2.75, 3.05) is 6.54 Å².